The highest BCUT2D eigenvalue weighted by Gasteiger charge is 2.31. The maximum atomic E-state index is 4.38. The topological polar surface area (TPSA) is 3.24 Å². The SMILES string of the molecule is CC(CS)CN1CCC2CCCCC2C1. The molecule has 0 amide bonds. The number of thiol groups is 1. The minimum atomic E-state index is 0.758. The van der Waals surface area contributed by atoms with Crippen molar-refractivity contribution in [2.45, 2.75) is 39.0 Å². The van der Waals surface area contributed by atoms with Crippen LogP contribution in [0, 0.1) is 17.8 Å². The second-order valence-electron chi connectivity index (χ2n) is 5.64. The lowest BCUT2D eigenvalue weighted by atomic mass is 9.75. The van der Waals surface area contributed by atoms with Gasteiger partial charge in [-0.3, -0.25) is 0 Å². The summed E-state index contributed by atoms with van der Waals surface area (Å²) in [5.74, 6) is 3.89. The lowest BCUT2D eigenvalue weighted by Gasteiger charge is -2.42. The minimum absolute atomic E-state index is 0.758. The van der Waals surface area contributed by atoms with E-state index in [1.54, 1.807) is 0 Å². The Kier molecular flexibility index (Phi) is 4.39. The second-order valence-corrected chi connectivity index (χ2v) is 6.01. The van der Waals surface area contributed by atoms with Crippen LogP contribution in [0.2, 0.25) is 0 Å². The predicted octanol–water partition coefficient (Wildman–Crippen LogP) is 3.06. The Morgan fingerprint density at radius 2 is 1.93 bits per heavy atom. The number of fused-ring (bicyclic) bond motifs is 1. The highest BCUT2D eigenvalue weighted by molar-refractivity contribution is 7.80. The van der Waals surface area contributed by atoms with E-state index < -0.39 is 0 Å². The Balaban J connectivity index is 1.80. The van der Waals surface area contributed by atoms with E-state index in [2.05, 4.69) is 24.5 Å². The van der Waals surface area contributed by atoms with Crippen molar-refractivity contribution in [3.05, 3.63) is 0 Å². The van der Waals surface area contributed by atoms with E-state index >= 15 is 0 Å². The van der Waals surface area contributed by atoms with E-state index in [1.165, 1.54) is 51.7 Å². The van der Waals surface area contributed by atoms with Gasteiger partial charge in [0, 0.05) is 13.1 Å². The highest BCUT2D eigenvalue weighted by atomic mass is 32.1. The molecule has 0 bridgehead atoms. The second kappa shape index (κ2) is 5.58. The van der Waals surface area contributed by atoms with Crippen molar-refractivity contribution in [2.75, 3.05) is 25.4 Å². The fourth-order valence-electron chi connectivity index (χ4n) is 3.34. The molecule has 2 rings (SSSR count). The predicted molar refractivity (Wildman–Crippen MR) is 69.5 cm³/mol. The van der Waals surface area contributed by atoms with Gasteiger partial charge in [0.1, 0.15) is 0 Å². The van der Waals surface area contributed by atoms with Crippen molar-refractivity contribution in [2.24, 2.45) is 17.8 Å². The van der Waals surface area contributed by atoms with Crippen LogP contribution in [-0.2, 0) is 0 Å². The van der Waals surface area contributed by atoms with Gasteiger partial charge in [0.15, 0.2) is 0 Å². The Hall–Kier alpha value is 0.310. The van der Waals surface area contributed by atoms with Gasteiger partial charge in [-0.1, -0.05) is 26.2 Å². The molecule has 0 aromatic carbocycles. The van der Waals surface area contributed by atoms with Crippen LogP contribution in [0.3, 0.4) is 0 Å². The summed E-state index contributed by atoms with van der Waals surface area (Å²) in [5.41, 5.74) is 0. The van der Waals surface area contributed by atoms with Crippen LogP contribution in [-0.4, -0.2) is 30.3 Å². The van der Waals surface area contributed by atoms with Gasteiger partial charge in [-0.05, 0) is 42.9 Å². The number of likely N-dealkylation sites (tertiary alicyclic amines) is 1. The fraction of sp³-hybridized carbons (Fsp3) is 1.00. The van der Waals surface area contributed by atoms with Gasteiger partial charge in [-0.15, -0.1) is 0 Å². The molecule has 0 spiro atoms. The number of rotatable bonds is 3. The molecule has 88 valence electrons. The van der Waals surface area contributed by atoms with Crippen molar-refractivity contribution in [1.29, 1.82) is 0 Å². The van der Waals surface area contributed by atoms with Gasteiger partial charge in [0.05, 0.1) is 0 Å². The normalized spacial score (nSPS) is 34.8. The van der Waals surface area contributed by atoms with Gasteiger partial charge in [-0.2, -0.15) is 12.6 Å². The maximum Gasteiger partial charge on any atom is 0.00149 e. The molecule has 3 unspecified atom stereocenters. The average molecular weight is 227 g/mol. The molecule has 1 saturated carbocycles. The van der Waals surface area contributed by atoms with E-state index in [1.807, 2.05) is 0 Å². The monoisotopic (exact) mass is 227 g/mol. The molecule has 3 atom stereocenters. The van der Waals surface area contributed by atoms with E-state index in [0.29, 0.717) is 0 Å². The Labute approximate surface area is 100 Å². The standard InChI is InChI=1S/C13H25NS/c1-11(10-15)8-14-7-6-12-4-2-3-5-13(12)9-14/h11-13,15H,2-10H2,1H3. The molecule has 1 aliphatic carbocycles. The largest absolute Gasteiger partial charge is 0.303 e. The molecule has 2 aliphatic rings. The van der Waals surface area contributed by atoms with Crippen LogP contribution in [0.4, 0.5) is 0 Å². The zero-order chi connectivity index (χ0) is 10.7. The van der Waals surface area contributed by atoms with Crippen molar-refractivity contribution < 1.29 is 0 Å². The average Bonchev–Trinajstić information content (AvgIpc) is 2.29. The molecule has 0 aromatic rings. The fourth-order valence-corrected chi connectivity index (χ4v) is 3.46. The smallest absolute Gasteiger partial charge is 0.00149 e. The van der Waals surface area contributed by atoms with Crippen molar-refractivity contribution in [1.82, 2.24) is 4.90 Å². The summed E-state index contributed by atoms with van der Waals surface area (Å²) in [5, 5.41) is 0. The van der Waals surface area contributed by atoms with E-state index in [-0.39, 0.29) is 0 Å². The Bertz CT molecular complexity index is 195. The first-order valence-corrected chi connectivity index (χ1v) is 7.26. The summed E-state index contributed by atoms with van der Waals surface area (Å²) in [7, 11) is 0. The summed E-state index contributed by atoms with van der Waals surface area (Å²) in [6, 6.07) is 0. The molecular formula is C13H25NS. The Morgan fingerprint density at radius 1 is 1.20 bits per heavy atom. The summed E-state index contributed by atoms with van der Waals surface area (Å²) in [6.45, 7) is 6.31. The first-order valence-electron chi connectivity index (χ1n) is 6.63. The maximum absolute atomic E-state index is 4.38. The van der Waals surface area contributed by atoms with Crippen LogP contribution in [0.1, 0.15) is 39.0 Å². The Morgan fingerprint density at radius 3 is 2.67 bits per heavy atom. The molecule has 1 saturated heterocycles. The van der Waals surface area contributed by atoms with Crippen LogP contribution in [0.25, 0.3) is 0 Å². The van der Waals surface area contributed by atoms with E-state index in [9.17, 15) is 0 Å². The van der Waals surface area contributed by atoms with Crippen molar-refractivity contribution in [3.8, 4) is 0 Å². The summed E-state index contributed by atoms with van der Waals surface area (Å²) >= 11 is 4.38. The summed E-state index contributed by atoms with van der Waals surface area (Å²) in [4.78, 5) is 2.69. The quantitative estimate of drug-likeness (QED) is 0.725. The van der Waals surface area contributed by atoms with Crippen LogP contribution in [0.5, 0.6) is 0 Å². The summed E-state index contributed by atoms with van der Waals surface area (Å²) < 4.78 is 0. The van der Waals surface area contributed by atoms with Gasteiger partial charge in [0.25, 0.3) is 0 Å². The lowest BCUT2D eigenvalue weighted by molar-refractivity contribution is 0.0795. The molecule has 2 heteroatoms. The van der Waals surface area contributed by atoms with Crippen molar-refractivity contribution >= 4 is 12.6 Å². The zero-order valence-corrected chi connectivity index (χ0v) is 10.9. The van der Waals surface area contributed by atoms with Crippen LogP contribution in [0.15, 0.2) is 0 Å². The zero-order valence-electron chi connectivity index (χ0n) is 9.99. The number of nitrogens with zero attached hydrogens (tertiary/aromatic N) is 1. The van der Waals surface area contributed by atoms with Gasteiger partial charge < -0.3 is 4.90 Å². The molecule has 0 aromatic heterocycles. The van der Waals surface area contributed by atoms with E-state index in [4.69, 9.17) is 0 Å². The third kappa shape index (κ3) is 3.13. The van der Waals surface area contributed by atoms with E-state index in [0.717, 1.165) is 23.5 Å². The lowest BCUT2D eigenvalue weighted by Crippen LogP contribution is -2.43. The molecule has 1 heterocycles. The number of hydrogen-bond acceptors (Lipinski definition) is 2. The van der Waals surface area contributed by atoms with Gasteiger partial charge in [-0.25, -0.2) is 0 Å². The van der Waals surface area contributed by atoms with Gasteiger partial charge >= 0.3 is 0 Å². The number of hydrogen-bond donors (Lipinski definition) is 1. The van der Waals surface area contributed by atoms with Crippen molar-refractivity contribution in [3.63, 3.8) is 0 Å². The molecule has 0 N–H and O–H groups in total. The summed E-state index contributed by atoms with van der Waals surface area (Å²) in [6.07, 6.45) is 7.45. The third-order valence-corrected chi connectivity index (χ3v) is 4.88. The molecule has 15 heavy (non-hydrogen) atoms. The highest BCUT2D eigenvalue weighted by Crippen LogP contribution is 2.36. The molecule has 2 fully saturated rings. The van der Waals surface area contributed by atoms with Gasteiger partial charge in [0.2, 0.25) is 0 Å². The van der Waals surface area contributed by atoms with Crippen LogP contribution < -0.4 is 0 Å². The first kappa shape index (κ1) is 11.8. The van der Waals surface area contributed by atoms with Crippen LogP contribution >= 0.6 is 12.6 Å². The molecule has 1 aliphatic heterocycles. The molecular weight excluding hydrogens is 202 g/mol. The minimum Gasteiger partial charge on any atom is -0.303 e. The molecule has 1 nitrogen and oxygen atoms in total. The first-order chi connectivity index (χ1) is 7.29. The third-order valence-electron chi connectivity index (χ3n) is 4.26. The molecule has 0 radical (unpaired) electrons. The number of piperidine rings is 1.